The highest BCUT2D eigenvalue weighted by atomic mass is 16.1. The van der Waals surface area contributed by atoms with Crippen LogP contribution in [0.25, 0.3) is 0 Å². The Kier molecular flexibility index (Phi) is 2.37. The smallest absolute Gasteiger partial charge is 0.282 e. The predicted molar refractivity (Wildman–Crippen MR) is 88.2 cm³/mol. The van der Waals surface area contributed by atoms with Gasteiger partial charge in [-0.25, -0.2) is 0 Å². The number of hydrogen-bond acceptors (Lipinski definition) is 0. The Morgan fingerprint density at radius 1 is 0.500 bits per heavy atom. The Labute approximate surface area is 134 Å². The van der Waals surface area contributed by atoms with Gasteiger partial charge in [0.25, 0.3) is 0 Å². The normalized spacial score (nSPS) is 60.9. The lowest BCUT2D eigenvalue weighted by Crippen LogP contribution is -2.59. The second kappa shape index (κ2) is 4.01. The fraction of sp³-hybridized carbons (Fsp3) is 0.952. The molecule has 0 atom stereocenters. The van der Waals surface area contributed by atoms with Crippen LogP contribution in [0.3, 0.4) is 0 Å². The zero-order valence-electron chi connectivity index (χ0n) is 13.9. The maximum absolute atomic E-state index is 11.7. The highest BCUT2D eigenvalue weighted by Crippen LogP contribution is 2.67. The third-order valence-corrected chi connectivity index (χ3v) is 9.08. The van der Waals surface area contributed by atoms with E-state index in [1.807, 2.05) is 0 Å². The minimum Gasteiger partial charge on any atom is -0.282 e. The number of ketones is 1. The van der Waals surface area contributed by atoms with Crippen molar-refractivity contribution in [1.82, 2.24) is 0 Å². The lowest BCUT2D eigenvalue weighted by Gasteiger charge is -2.59. The average molecular weight is 299 g/mol. The lowest BCUT2D eigenvalue weighted by molar-refractivity contribution is -0.0513. The minimum atomic E-state index is 0.278. The Balaban J connectivity index is 1.37. The second-order valence-corrected chi connectivity index (χ2v) is 10.7. The molecule has 22 heavy (non-hydrogen) atoms. The van der Waals surface area contributed by atoms with E-state index >= 15 is 0 Å². The van der Waals surface area contributed by atoms with Gasteiger partial charge in [-0.2, -0.15) is 0 Å². The van der Waals surface area contributed by atoms with E-state index in [1.54, 1.807) is 0 Å². The summed E-state index contributed by atoms with van der Waals surface area (Å²) < 4.78 is 0. The van der Waals surface area contributed by atoms with Crippen molar-refractivity contribution in [1.29, 1.82) is 0 Å². The fourth-order valence-electron chi connectivity index (χ4n) is 9.36. The van der Waals surface area contributed by atoms with Crippen LogP contribution in [-0.2, 0) is 0 Å². The Hall–Kier alpha value is -0.330. The highest BCUT2D eigenvalue weighted by molar-refractivity contribution is 5.92. The van der Waals surface area contributed by atoms with Crippen LogP contribution in [0.5, 0.6) is 0 Å². The standard InChI is InChI=1S/C21H30O/c22-19(20-7-13-1-14(8-20)3-15(2-13)9-20)21-10-16-4-17(11-21)6-18(5-16)12-21/h13-18H,1-12H2/p+1. The highest BCUT2D eigenvalue weighted by Gasteiger charge is 2.66. The van der Waals surface area contributed by atoms with Crippen molar-refractivity contribution >= 4 is 5.78 Å². The first kappa shape index (κ1) is 13.0. The summed E-state index contributed by atoms with van der Waals surface area (Å²) >= 11 is 0. The molecular weight excluding hydrogens is 268 g/mol. The first-order chi connectivity index (χ1) is 10.6. The van der Waals surface area contributed by atoms with Crippen molar-refractivity contribution in [3.05, 3.63) is 0 Å². The number of hydrogen-bond donors (Lipinski definition) is 0. The molecule has 0 aromatic rings. The third kappa shape index (κ3) is 1.59. The Bertz CT molecular complexity index is 413. The van der Waals surface area contributed by atoms with Crippen molar-refractivity contribution in [3.8, 4) is 0 Å². The fourth-order valence-corrected chi connectivity index (χ4v) is 9.36. The summed E-state index contributed by atoms with van der Waals surface area (Å²) in [6, 6.07) is 0. The molecule has 8 bridgehead atoms. The molecule has 0 saturated heterocycles. The van der Waals surface area contributed by atoms with Crippen LogP contribution in [0.1, 0.15) is 77.0 Å². The van der Waals surface area contributed by atoms with Gasteiger partial charge >= 0.3 is 5.78 Å². The molecule has 8 rings (SSSR count). The molecule has 1 nitrogen and oxygen atoms in total. The summed E-state index contributed by atoms with van der Waals surface area (Å²) in [7, 11) is 0. The zero-order valence-corrected chi connectivity index (χ0v) is 13.9. The van der Waals surface area contributed by atoms with Crippen LogP contribution < -0.4 is 0 Å². The Morgan fingerprint density at radius 3 is 0.955 bits per heavy atom. The van der Waals surface area contributed by atoms with E-state index in [0.29, 0.717) is 0 Å². The van der Waals surface area contributed by atoms with Crippen LogP contribution >= 0.6 is 0 Å². The molecule has 0 spiro atoms. The van der Waals surface area contributed by atoms with E-state index in [2.05, 4.69) is 0 Å². The molecular formula is C21H31O+. The van der Waals surface area contributed by atoms with Gasteiger partial charge in [-0.05, 0) is 113 Å². The van der Waals surface area contributed by atoms with Crippen LogP contribution in [0.2, 0.25) is 0 Å². The van der Waals surface area contributed by atoms with Gasteiger partial charge in [-0.1, -0.05) is 0 Å². The number of rotatable bonds is 2. The van der Waals surface area contributed by atoms with Gasteiger partial charge in [0.05, 0.1) is 10.8 Å². The van der Waals surface area contributed by atoms with E-state index in [0.717, 1.165) is 41.3 Å². The molecule has 8 aliphatic carbocycles. The van der Waals surface area contributed by atoms with E-state index in [9.17, 15) is 4.79 Å². The molecule has 0 amide bonds. The molecule has 8 saturated carbocycles. The molecule has 0 aromatic heterocycles. The molecule has 0 aromatic carbocycles. The molecule has 8 aliphatic rings. The van der Waals surface area contributed by atoms with Crippen molar-refractivity contribution in [2.75, 3.05) is 0 Å². The first-order valence-electron chi connectivity index (χ1n) is 10.2. The van der Waals surface area contributed by atoms with Crippen LogP contribution in [0.15, 0.2) is 0 Å². The molecule has 0 unspecified atom stereocenters. The molecule has 0 heterocycles. The predicted octanol–water partition coefficient (Wildman–Crippen LogP) is 4.96. The van der Waals surface area contributed by atoms with Crippen LogP contribution in [0.4, 0.5) is 0 Å². The topological polar surface area (TPSA) is 21.4 Å². The summed E-state index contributed by atoms with van der Waals surface area (Å²) in [5, 5.41) is 0. The van der Waals surface area contributed by atoms with Gasteiger partial charge in [0, 0.05) is 0 Å². The zero-order chi connectivity index (χ0) is 14.5. The second-order valence-electron chi connectivity index (χ2n) is 10.7. The molecule has 0 aliphatic heterocycles. The third-order valence-electron chi connectivity index (χ3n) is 9.08. The lowest BCUT2D eigenvalue weighted by atomic mass is 9.41. The van der Waals surface area contributed by atoms with Gasteiger partial charge in [-0.3, -0.25) is 4.79 Å². The van der Waals surface area contributed by atoms with E-state index in [4.69, 9.17) is 0 Å². The molecule has 0 radical (unpaired) electrons. The monoisotopic (exact) mass is 299 g/mol. The molecule has 1 heteroatoms. The summed E-state index contributed by atoms with van der Waals surface area (Å²) in [5.74, 6) is 6.83. The van der Waals surface area contributed by atoms with Crippen LogP contribution in [-0.4, -0.2) is 10.6 Å². The summed E-state index contributed by atoms with van der Waals surface area (Å²) in [5.41, 5.74) is 0.556. The average Bonchev–Trinajstić information content (AvgIpc) is 2.43. The van der Waals surface area contributed by atoms with Gasteiger partial charge in [-0.15, -0.1) is 0 Å². The van der Waals surface area contributed by atoms with Crippen molar-refractivity contribution in [2.24, 2.45) is 46.3 Å². The van der Waals surface area contributed by atoms with E-state index in [-0.39, 0.29) is 10.8 Å². The van der Waals surface area contributed by atoms with E-state index < -0.39 is 0 Å². The Morgan fingerprint density at radius 2 is 0.727 bits per heavy atom. The van der Waals surface area contributed by atoms with Gasteiger partial charge < -0.3 is 0 Å². The maximum atomic E-state index is 11.7. The summed E-state index contributed by atoms with van der Waals surface area (Å²) in [4.78, 5) is 11.7. The van der Waals surface area contributed by atoms with Crippen LogP contribution in [0, 0.1) is 46.3 Å². The molecule has 120 valence electrons. The maximum Gasteiger partial charge on any atom is 0.305 e. The van der Waals surface area contributed by atoms with Crippen molar-refractivity contribution < 1.29 is 4.79 Å². The largest absolute Gasteiger partial charge is 0.305 e. The first-order valence-corrected chi connectivity index (χ1v) is 10.2. The molecule has 1 N–H and O–H groups in total. The SMILES string of the molecule is [OH+]=C(C12CC3CC(CC(C3)C1)C2)C12CC3CC(CC(C3)C1)C2. The van der Waals surface area contributed by atoms with Gasteiger partial charge in [0.1, 0.15) is 0 Å². The quantitative estimate of drug-likeness (QED) is 0.643. The summed E-state index contributed by atoms with van der Waals surface area (Å²) in [6.45, 7) is 0. The van der Waals surface area contributed by atoms with Crippen molar-refractivity contribution in [3.63, 3.8) is 0 Å². The van der Waals surface area contributed by atoms with E-state index in [1.165, 1.54) is 77.0 Å². The molecule has 8 fully saturated rings. The summed E-state index contributed by atoms with van der Waals surface area (Å²) in [6.07, 6.45) is 17.1. The minimum absolute atomic E-state index is 0.278. The van der Waals surface area contributed by atoms with Gasteiger partial charge in [0.2, 0.25) is 0 Å². The van der Waals surface area contributed by atoms with Gasteiger partial charge in [0.15, 0.2) is 0 Å². The number of carbonyl (C=O) groups excluding carboxylic acids is 1. The van der Waals surface area contributed by atoms with Crippen molar-refractivity contribution in [2.45, 2.75) is 77.0 Å².